The van der Waals surface area contributed by atoms with Crippen molar-refractivity contribution in [3.8, 4) is 0 Å². The summed E-state index contributed by atoms with van der Waals surface area (Å²) in [4.78, 5) is 11.8. The van der Waals surface area contributed by atoms with E-state index in [2.05, 4.69) is 17.4 Å². The van der Waals surface area contributed by atoms with Crippen molar-refractivity contribution in [2.24, 2.45) is 0 Å². The van der Waals surface area contributed by atoms with Gasteiger partial charge in [-0.15, -0.1) is 0 Å². The van der Waals surface area contributed by atoms with E-state index in [0.717, 1.165) is 12.8 Å². The highest BCUT2D eigenvalue weighted by Gasteiger charge is 2.17. The topological polar surface area (TPSA) is 75.4 Å². The molecule has 2 N–H and O–H groups in total. The molecule has 0 unspecified atom stereocenters. The van der Waals surface area contributed by atoms with Crippen molar-refractivity contribution in [1.82, 2.24) is 10.5 Å². The summed E-state index contributed by atoms with van der Waals surface area (Å²) in [7, 11) is 0. The minimum atomic E-state index is -0.233. The molecule has 0 bridgehead atoms. The lowest BCUT2D eigenvalue weighted by atomic mass is 10.1. The molecule has 1 amide bonds. The number of aromatic nitrogens is 1. The molecule has 1 aromatic rings. The van der Waals surface area contributed by atoms with Gasteiger partial charge in [0, 0.05) is 12.1 Å². The van der Waals surface area contributed by atoms with Crippen molar-refractivity contribution in [3.05, 3.63) is 17.0 Å². The molecule has 5 heteroatoms. The summed E-state index contributed by atoms with van der Waals surface area (Å²) in [5.74, 6) is 0.120. The SMILES string of the molecule is CCCCCCCNC(=O)c1noc(CO)c1C. The number of hydrogen-bond acceptors (Lipinski definition) is 4. The maximum atomic E-state index is 11.8. The van der Waals surface area contributed by atoms with Gasteiger partial charge in [0.1, 0.15) is 6.61 Å². The van der Waals surface area contributed by atoms with Crippen molar-refractivity contribution in [2.75, 3.05) is 6.54 Å². The van der Waals surface area contributed by atoms with Crippen LogP contribution in [0.3, 0.4) is 0 Å². The molecule has 102 valence electrons. The second kappa shape index (κ2) is 7.87. The summed E-state index contributed by atoms with van der Waals surface area (Å²) in [5, 5.41) is 15.4. The molecule has 1 aromatic heterocycles. The summed E-state index contributed by atoms with van der Waals surface area (Å²) < 4.78 is 4.86. The lowest BCUT2D eigenvalue weighted by Crippen LogP contribution is -2.25. The summed E-state index contributed by atoms with van der Waals surface area (Å²) >= 11 is 0. The first-order valence-corrected chi connectivity index (χ1v) is 6.54. The first-order valence-electron chi connectivity index (χ1n) is 6.54. The highest BCUT2D eigenvalue weighted by atomic mass is 16.5. The van der Waals surface area contributed by atoms with E-state index in [9.17, 15) is 4.79 Å². The molecular weight excluding hydrogens is 232 g/mol. The van der Waals surface area contributed by atoms with Crippen LogP contribution < -0.4 is 5.32 Å². The van der Waals surface area contributed by atoms with Crippen LogP contribution in [0.2, 0.25) is 0 Å². The van der Waals surface area contributed by atoms with Gasteiger partial charge in [-0.3, -0.25) is 4.79 Å². The Balaban J connectivity index is 2.30. The molecule has 18 heavy (non-hydrogen) atoms. The second-order valence-electron chi connectivity index (χ2n) is 4.41. The number of nitrogens with zero attached hydrogens (tertiary/aromatic N) is 1. The third-order valence-corrected chi connectivity index (χ3v) is 2.95. The van der Waals surface area contributed by atoms with E-state index in [-0.39, 0.29) is 18.2 Å². The smallest absolute Gasteiger partial charge is 0.273 e. The lowest BCUT2D eigenvalue weighted by molar-refractivity contribution is 0.0943. The quantitative estimate of drug-likeness (QED) is 0.697. The van der Waals surface area contributed by atoms with Crippen molar-refractivity contribution in [3.63, 3.8) is 0 Å². The van der Waals surface area contributed by atoms with Crippen molar-refractivity contribution in [2.45, 2.75) is 52.6 Å². The van der Waals surface area contributed by atoms with Crippen molar-refractivity contribution >= 4 is 5.91 Å². The van der Waals surface area contributed by atoms with Gasteiger partial charge in [-0.1, -0.05) is 37.8 Å². The van der Waals surface area contributed by atoms with E-state index >= 15 is 0 Å². The molecule has 0 aromatic carbocycles. The largest absolute Gasteiger partial charge is 0.388 e. The number of unbranched alkanes of at least 4 members (excludes halogenated alkanes) is 4. The van der Waals surface area contributed by atoms with Crippen LogP contribution in [-0.2, 0) is 6.61 Å². The molecule has 0 aliphatic rings. The van der Waals surface area contributed by atoms with Crippen molar-refractivity contribution < 1.29 is 14.4 Å². The predicted molar refractivity (Wildman–Crippen MR) is 68.3 cm³/mol. The standard InChI is InChI=1S/C13H22N2O3/c1-3-4-5-6-7-8-14-13(17)12-10(2)11(9-16)18-15-12/h16H,3-9H2,1-2H3,(H,14,17). The third-order valence-electron chi connectivity index (χ3n) is 2.95. The summed E-state index contributed by atoms with van der Waals surface area (Å²) in [5.41, 5.74) is 0.883. The molecule has 0 saturated carbocycles. The van der Waals surface area contributed by atoms with E-state index in [0.29, 0.717) is 17.9 Å². The van der Waals surface area contributed by atoms with E-state index < -0.39 is 0 Å². The van der Waals surface area contributed by atoms with Gasteiger partial charge in [-0.2, -0.15) is 0 Å². The van der Waals surface area contributed by atoms with Crippen LogP contribution in [-0.4, -0.2) is 22.7 Å². The molecule has 0 spiro atoms. The van der Waals surface area contributed by atoms with E-state index in [1.807, 2.05) is 0 Å². The first-order chi connectivity index (χ1) is 8.70. The number of carbonyl (C=O) groups is 1. The fraction of sp³-hybridized carbons (Fsp3) is 0.692. The van der Waals surface area contributed by atoms with Crippen LogP contribution in [0.15, 0.2) is 4.52 Å². The average Bonchev–Trinajstić information content (AvgIpc) is 2.74. The van der Waals surface area contributed by atoms with Gasteiger partial charge in [0.2, 0.25) is 0 Å². The van der Waals surface area contributed by atoms with Gasteiger partial charge in [-0.05, 0) is 13.3 Å². The highest BCUT2D eigenvalue weighted by molar-refractivity contribution is 5.93. The number of amides is 1. The van der Waals surface area contributed by atoms with Crippen LogP contribution in [0.25, 0.3) is 0 Å². The van der Waals surface area contributed by atoms with E-state index in [1.165, 1.54) is 19.3 Å². The average molecular weight is 254 g/mol. The molecule has 0 fully saturated rings. The first kappa shape index (κ1) is 14.7. The second-order valence-corrected chi connectivity index (χ2v) is 4.41. The Hall–Kier alpha value is -1.36. The molecule has 0 aliphatic carbocycles. The molecule has 0 aliphatic heterocycles. The normalized spacial score (nSPS) is 10.6. The molecule has 1 heterocycles. The fourth-order valence-corrected chi connectivity index (χ4v) is 1.74. The molecule has 1 rings (SSSR count). The minimum Gasteiger partial charge on any atom is -0.388 e. The van der Waals surface area contributed by atoms with Gasteiger partial charge in [-0.25, -0.2) is 0 Å². The lowest BCUT2D eigenvalue weighted by Gasteiger charge is -2.03. The number of carbonyl (C=O) groups excluding carboxylic acids is 1. The summed E-state index contributed by atoms with van der Waals surface area (Å²) in [6, 6.07) is 0. The van der Waals surface area contributed by atoms with Gasteiger partial charge in [0.15, 0.2) is 11.5 Å². The Morgan fingerprint density at radius 1 is 1.33 bits per heavy atom. The van der Waals surface area contributed by atoms with Crippen LogP contribution in [0.4, 0.5) is 0 Å². The van der Waals surface area contributed by atoms with Crippen LogP contribution >= 0.6 is 0 Å². The number of aliphatic hydroxyl groups excluding tert-OH is 1. The van der Waals surface area contributed by atoms with Crippen molar-refractivity contribution in [1.29, 1.82) is 0 Å². The Morgan fingerprint density at radius 2 is 2.06 bits per heavy atom. The van der Waals surface area contributed by atoms with Crippen LogP contribution in [0.5, 0.6) is 0 Å². The Morgan fingerprint density at radius 3 is 2.67 bits per heavy atom. The summed E-state index contributed by atoms with van der Waals surface area (Å²) in [6.07, 6.45) is 5.79. The number of aliphatic hydroxyl groups is 1. The Kier molecular flexibility index (Phi) is 6.43. The van der Waals surface area contributed by atoms with E-state index in [4.69, 9.17) is 9.63 Å². The molecule has 0 saturated heterocycles. The van der Waals surface area contributed by atoms with Crippen LogP contribution in [0, 0.1) is 6.92 Å². The van der Waals surface area contributed by atoms with Gasteiger partial charge in [0.25, 0.3) is 5.91 Å². The third kappa shape index (κ3) is 4.14. The molecular formula is C13H22N2O3. The summed E-state index contributed by atoms with van der Waals surface area (Å²) in [6.45, 7) is 4.32. The predicted octanol–water partition coefficient (Wildman–Crippen LogP) is 2.18. The van der Waals surface area contributed by atoms with Gasteiger partial charge in [0.05, 0.1) is 0 Å². The number of nitrogens with one attached hydrogen (secondary N) is 1. The van der Waals surface area contributed by atoms with E-state index in [1.54, 1.807) is 6.92 Å². The molecule has 5 nitrogen and oxygen atoms in total. The molecule has 0 radical (unpaired) electrons. The fourth-order valence-electron chi connectivity index (χ4n) is 1.74. The molecule has 0 atom stereocenters. The maximum Gasteiger partial charge on any atom is 0.273 e. The Labute approximate surface area is 108 Å². The number of hydrogen-bond donors (Lipinski definition) is 2. The zero-order valence-corrected chi connectivity index (χ0v) is 11.2. The Bertz CT molecular complexity index is 374. The zero-order chi connectivity index (χ0) is 13.4. The van der Waals surface area contributed by atoms with Gasteiger partial charge < -0.3 is 14.9 Å². The number of rotatable bonds is 8. The zero-order valence-electron chi connectivity index (χ0n) is 11.2. The monoisotopic (exact) mass is 254 g/mol. The minimum absolute atomic E-state index is 0.230. The van der Waals surface area contributed by atoms with Crippen LogP contribution in [0.1, 0.15) is 60.8 Å². The highest BCUT2D eigenvalue weighted by Crippen LogP contribution is 2.12. The van der Waals surface area contributed by atoms with Gasteiger partial charge >= 0.3 is 0 Å². The maximum absolute atomic E-state index is 11.8.